The van der Waals surface area contributed by atoms with E-state index in [9.17, 15) is 0 Å². The molecule has 0 bridgehead atoms. The van der Waals surface area contributed by atoms with Crippen molar-refractivity contribution in [1.82, 2.24) is 4.98 Å². The van der Waals surface area contributed by atoms with Crippen LogP contribution in [-0.4, -0.2) is 19.2 Å². The number of ether oxygens (including phenoxy) is 2. The first-order valence-electron chi connectivity index (χ1n) is 5.14. The lowest BCUT2D eigenvalue weighted by atomic mass is 10.1. The summed E-state index contributed by atoms with van der Waals surface area (Å²) >= 11 is 1.56. The van der Waals surface area contributed by atoms with Gasteiger partial charge < -0.3 is 15.2 Å². The molecule has 2 rings (SSSR count). The van der Waals surface area contributed by atoms with Crippen molar-refractivity contribution in [2.24, 2.45) is 5.73 Å². The van der Waals surface area contributed by atoms with E-state index in [4.69, 9.17) is 15.2 Å². The molecule has 0 atom stereocenters. The van der Waals surface area contributed by atoms with E-state index in [-0.39, 0.29) is 0 Å². The fourth-order valence-corrected chi connectivity index (χ4v) is 2.40. The molecule has 17 heavy (non-hydrogen) atoms. The van der Waals surface area contributed by atoms with Crippen molar-refractivity contribution >= 4 is 11.3 Å². The zero-order chi connectivity index (χ0) is 12.3. The van der Waals surface area contributed by atoms with E-state index < -0.39 is 0 Å². The summed E-state index contributed by atoms with van der Waals surface area (Å²) in [5.74, 6) is 1.52. The summed E-state index contributed by atoms with van der Waals surface area (Å²) < 4.78 is 10.5. The molecule has 90 valence electrons. The Kier molecular flexibility index (Phi) is 3.61. The zero-order valence-electron chi connectivity index (χ0n) is 9.77. The van der Waals surface area contributed by atoms with Crippen molar-refractivity contribution in [3.63, 3.8) is 0 Å². The maximum atomic E-state index is 5.66. The van der Waals surface area contributed by atoms with Crippen LogP contribution < -0.4 is 15.2 Å². The lowest BCUT2D eigenvalue weighted by Gasteiger charge is -2.08. The van der Waals surface area contributed by atoms with Crippen molar-refractivity contribution in [1.29, 1.82) is 0 Å². The zero-order valence-corrected chi connectivity index (χ0v) is 10.6. The molecular weight excluding hydrogens is 236 g/mol. The van der Waals surface area contributed by atoms with Crippen LogP contribution in [0.3, 0.4) is 0 Å². The molecule has 0 saturated heterocycles. The van der Waals surface area contributed by atoms with Crippen molar-refractivity contribution in [2.45, 2.75) is 6.54 Å². The highest BCUT2D eigenvalue weighted by Crippen LogP contribution is 2.33. The van der Waals surface area contributed by atoms with Gasteiger partial charge in [-0.05, 0) is 12.1 Å². The lowest BCUT2D eigenvalue weighted by Crippen LogP contribution is -1.98. The molecule has 0 saturated carbocycles. The number of thiazole rings is 1. The smallest absolute Gasteiger partial charge is 0.123 e. The topological polar surface area (TPSA) is 57.4 Å². The van der Waals surface area contributed by atoms with E-state index >= 15 is 0 Å². The summed E-state index contributed by atoms with van der Waals surface area (Å²) in [6, 6.07) is 5.75. The monoisotopic (exact) mass is 250 g/mol. The van der Waals surface area contributed by atoms with Crippen LogP contribution in [-0.2, 0) is 6.54 Å². The molecule has 0 unspecified atom stereocenters. The van der Waals surface area contributed by atoms with Gasteiger partial charge in [-0.25, -0.2) is 4.98 Å². The summed E-state index contributed by atoms with van der Waals surface area (Å²) in [6.07, 6.45) is 0. The van der Waals surface area contributed by atoms with Crippen molar-refractivity contribution in [3.05, 3.63) is 29.4 Å². The Morgan fingerprint density at radius 1 is 1.18 bits per heavy atom. The first kappa shape index (κ1) is 11.9. The minimum absolute atomic E-state index is 0.429. The predicted octanol–water partition coefficient (Wildman–Crippen LogP) is 2.29. The van der Waals surface area contributed by atoms with E-state index in [1.54, 1.807) is 31.1 Å². The van der Waals surface area contributed by atoms with Gasteiger partial charge in [-0.1, -0.05) is 0 Å². The van der Waals surface area contributed by atoms with Gasteiger partial charge >= 0.3 is 0 Å². The molecule has 1 heterocycles. The fourth-order valence-electron chi connectivity index (χ4n) is 1.59. The van der Waals surface area contributed by atoms with Crippen LogP contribution in [0.2, 0.25) is 0 Å². The normalized spacial score (nSPS) is 10.3. The minimum Gasteiger partial charge on any atom is -0.497 e. The van der Waals surface area contributed by atoms with Gasteiger partial charge in [-0.3, -0.25) is 0 Å². The summed E-state index contributed by atoms with van der Waals surface area (Å²) in [4.78, 5) is 5.29. The van der Waals surface area contributed by atoms with Crippen LogP contribution in [0.4, 0.5) is 0 Å². The highest BCUT2D eigenvalue weighted by atomic mass is 32.1. The maximum Gasteiger partial charge on any atom is 0.123 e. The maximum absolute atomic E-state index is 5.66. The molecule has 0 radical (unpaired) electrons. The summed E-state index contributed by atoms with van der Waals surface area (Å²) in [5, 5.41) is 0. The number of aromatic nitrogens is 1. The molecule has 2 N–H and O–H groups in total. The molecule has 0 aliphatic heterocycles. The molecule has 5 heteroatoms. The average Bonchev–Trinajstić information content (AvgIpc) is 2.86. The molecule has 1 aromatic heterocycles. The van der Waals surface area contributed by atoms with Crippen LogP contribution in [0.15, 0.2) is 23.7 Å². The molecule has 0 aliphatic rings. The van der Waals surface area contributed by atoms with Crippen LogP contribution in [0.1, 0.15) is 5.69 Å². The Hall–Kier alpha value is -1.59. The quantitative estimate of drug-likeness (QED) is 0.904. The number of hydrogen-bond acceptors (Lipinski definition) is 5. The van der Waals surface area contributed by atoms with Crippen molar-refractivity contribution in [3.8, 4) is 21.9 Å². The number of nitrogens with zero attached hydrogens (tertiary/aromatic N) is 1. The number of hydrogen-bond donors (Lipinski definition) is 1. The Balaban J connectivity index is 2.51. The summed E-state index contributed by atoms with van der Waals surface area (Å²) in [7, 11) is 3.27. The molecule has 1 aromatic carbocycles. The van der Waals surface area contributed by atoms with Crippen LogP contribution in [0.5, 0.6) is 11.5 Å². The third kappa shape index (κ3) is 2.40. The second kappa shape index (κ2) is 5.16. The number of nitrogens with two attached hydrogens (primary N) is 1. The van der Waals surface area contributed by atoms with Crippen molar-refractivity contribution in [2.75, 3.05) is 14.2 Å². The largest absolute Gasteiger partial charge is 0.497 e. The van der Waals surface area contributed by atoms with Crippen LogP contribution in [0.25, 0.3) is 10.4 Å². The number of rotatable bonds is 4. The Morgan fingerprint density at radius 3 is 2.35 bits per heavy atom. The number of benzene rings is 1. The van der Waals surface area contributed by atoms with E-state index in [0.29, 0.717) is 6.54 Å². The standard InChI is InChI=1S/C12H14N2O2S/c1-15-9-3-8(4-10(5-9)16-2)12-11(6-13)14-7-17-12/h3-5,7H,6,13H2,1-2H3. The van der Waals surface area contributed by atoms with Crippen LogP contribution >= 0.6 is 11.3 Å². The third-order valence-electron chi connectivity index (χ3n) is 2.45. The second-order valence-corrected chi connectivity index (χ2v) is 4.29. The van der Waals surface area contributed by atoms with Crippen molar-refractivity contribution < 1.29 is 9.47 Å². The van der Waals surface area contributed by atoms with Gasteiger partial charge in [0.1, 0.15) is 11.5 Å². The second-order valence-electron chi connectivity index (χ2n) is 3.43. The lowest BCUT2D eigenvalue weighted by molar-refractivity contribution is 0.394. The first-order valence-corrected chi connectivity index (χ1v) is 6.02. The molecule has 2 aromatic rings. The summed E-state index contributed by atoms with van der Waals surface area (Å²) in [5.41, 5.74) is 9.36. The van der Waals surface area contributed by atoms with Gasteiger partial charge in [0.05, 0.1) is 30.3 Å². The van der Waals surface area contributed by atoms with Gasteiger partial charge in [0.25, 0.3) is 0 Å². The fraction of sp³-hybridized carbons (Fsp3) is 0.250. The Bertz CT molecular complexity index is 489. The molecule has 0 spiro atoms. The summed E-state index contributed by atoms with van der Waals surface area (Å²) in [6.45, 7) is 0.429. The predicted molar refractivity (Wildman–Crippen MR) is 68.5 cm³/mol. The SMILES string of the molecule is COc1cc(OC)cc(-c2scnc2CN)c1. The highest BCUT2D eigenvalue weighted by molar-refractivity contribution is 7.13. The van der Waals surface area contributed by atoms with Crippen LogP contribution in [0, 0.1) is 0 Å². The highest BCUT2D eigenvalue weighted by Gasteiger charge is 2.10. The van der Waals surface area contributed by atoms with Gasteiger partial charge in [-0.15, -0.1) is 11.3 Å². The number of methoxy groups -OCH3 is 2. The van der Waals surface area contributed by atoms with Gasteiger partial charge in [0.15, 0.2) is 0 Å². The minimum atomic E-state index is 0.429. The van der Waals surface area contributed by atoms with E-state index in [2.05, 4.69) is 4.98 Å². The van der Waals surface area contributed by atoms with E-state index in [0.717, 1.165) is 27.6 Å². The molecule has 0 amide bonds. The van der Waals surface area contributed by atoms with Gasteiger partial charge in [0, 0.05) is 18.2 Å². The van der Waals surface area contributed by atoms with E-state index in [1.165, 1.54) is 0 Å². The Labute approximate surface area is 104 Å². The molecule has 0 aliphatic carbocycles. The first-order chi connectivity index (χ1) is 8.28. The molecule has 4 nitrogen and oxygen atoms in total. The Morgan fingerprint density at radius 2 is 1.82 bits per heavy atom. The van der Waals surface area contributed by atoms with E-state index in [1.807, 2.05) is 18.2 Å². The molecular formula is C12H14N2O2S. The van der Waals surface area contributed by atoms with Gasteiger partial charge in [-0.2, -0.15) is 0 Å². The van der Waals surface area contributed by atoms with Gasteiger partial charge in [0.2, 0.25) is 0 Å². The molecule has 0 fully saturated rings. The average molecular weight is 250 g/mol. The third-order valence-corrected chi connectivity index (χ3v) is 3.37.